The van der Waals surface area contributed by atoms with E-state index in [4.69, 9.17) is 4.42 Å². The molecule has 6 nitrogen and oxygen atoms in total. The second kappa shape index (κ2) is 7.09. The summed E-state index contributed by atoms with van der Waals surface area (Å²) in [7, 11) is 0. The van der Waals surface area contributed by atoms with Crippen molar-refractivity contribution in [2.45, 2.75) is 39.0 Å². The number of aliphatic hydroxyl groups is 1. The van der Waals surface area contributed by atoms with Crippen molar-refractivity contribution < 1.29 is 9.52 Å². The summed E-state index contributed by atoms with van der Waals surface area (Å²) in [5.41, 5.74) is 0. The first-order valence-electron chi connectivity index (χ1n) is 8.08. The van der Waals surface area contributed by atoms with Crippen LogP contribution in [0.1, 0.15) is 32.7 Å². The largest absolute Gasteiger partial charge is 0.418 e. The summed E-state index contributed by atoms with van der Waals surface area (Å²) in [6.45, 7) is 9.70. The van der Waals surface area contributed by atoms with Crippen molar-refractivity contribution in [1.82, 2.24) is 20.0 Å². The first kappa shape index (κ1) is 16.6. The SMILES string of the molecule is C[C@H](O)CN1CCN([C@H](C)c2nnc(-c3cccs3)o2)C[C@H]1C. The molecule has 0 unspecified atom stereocenters. The Morgan fingerprint density at radius 2 is 2.22 bits per heavy atom. The molecule has 1 N–H and O–H groups in total. The lowest BCUT2D eigenvalue weighted by atomic mass is 10.1. The van der Waals surface area contributed by atoms with E-state index in [1.54, 1.807) is 11.3 Å². The number of aliphatic hydroxyl groups excluding tert-OH is 1. The molecule has 126 valence electrons. The van der Waals surface area contributed by atoms with Crippen LogP contribution >= 0.6 is 11.3 Å². The summed E-state index contributed by atoms with van der Waals surface area (Å²) in [5.74, 6) is 1.27. The highest BCUT2D eigenvalue weighted by Crippen LogP contribution is 2.28. The molecule has 0 aromatic carbocycles. The van der Waals surface area contributed by atoms with Gasteiger partial charge in [0.25, 0.3) is 5.89 Å². The van der Waals surface area contributed by atoms with E-state index in [0.717, 1.165) is 31.1 Å². The molecule has 7 heteroatoms. The Bertz CT molecular complexity index is 613. The van der Waals surface area contributed by atoms with Gasteiger partial charge in [-0.2, -0.15) is 0 Å². The fourth-order valence-corrected chi connectivity index (χ4v) is 3.69. The highest BCUT2D eigenvalue weighted by molar-refractivity contribution is 7.13. The lowest BCUT2D eigenvalue weighted by Crippen LogP contribution is -2.53. The maximum absolute atomic E-state index is 9.58. The molecule has 1 aliphatic rings. The van der Waals surface area contributed by atoms with E-state index in [-0.39, 0.29) is 12.1 Å². The lowest BCUT2D eigenvalue weighted by molar-refractivity contribution is 0.0257. The van der Waals surface area contributed by atoms with E-state index >= 15 is 0 Å². The van der Waals surface area contributed by atoms with Gasteiger partial charge in [0.1, 0.15) is 0 Å². The number of β-amino-alcohol motifs (C(OH)–C–C–N with tert-alkyl or cyclic N) is 1. The fourth-order valence-electron chi connectivity index (χ4n) is 3.05. The molecule has 23 heavy (non-hydrogen) atoms. The zero-order chi connectivity index (χ0) is 16.4. The third-order valence-electron chi connectivity index (χ3n) is 4.37. The van der Waals surface area contributed by atoms with Crippen molar-refractivity contribution in [2.75, 3.05) is 26.2 Å². The van der Waals surface area contributed by atoms with E-state index in [2.05, 4.69) is 33.8 Å². The first-order valence-corrected chi connectivity index (χ1v) is 8.96. The minimum absolute atomic E-state index is 0.104. The van der Waals surface area contributed by atoms with Gasteiger partial charge in [-0.1, -0.05) is 6.07 Å². The summed E-state index contributed by atoms with van der Waals surface area (Å²) in [4.78, 5) is 5.71. The molecule has 1 fully saturated rings. The number of hydrogen-bond donors (Lipinski definition) is 1. The van der Waals surface area contributed by atoms with E-state index in [1.165, 1.54) is 0 Å². The molecule has 0 aliphatic carbocycles. The second-order valence-corrected chi connectivity index (χ2v) is 7.23. The van der Waals surface area contributed by atoms with Crippen molar-refractivity contribution in [3.05, 3.63) is 23.4 Å². The molecule has 1 aliphatic heterocycles. The van der Waals surface area contributed by atoms with Gasteiger partial charge in [0, 0.05) is 32.2 Å². The van der Waals surface area contributed by atoms with Gasteiger partial charge >= 0.3 is 0 Å². The molecule has 1 saturated heterocycles. The van der Waals surface area contributed by atoms with Crippen LogP contribution in [0.2, 0.25) is 0 Å². The number of nitrogens with zero attached hydrogens (tertiary/aromatic N) is 4. The highest BCUT2D eigenvalue weighted by Gasteiger charge is 2.30. The molecular weight excluding hydrogens is 312 g/mol. The highest BCUT2D eigenvalue weighted by atomic mass is 32.1. The van der Waals surface area contributed by atoms with Gasteiger partial charge in [-0.3, -0.25) is 9.80 Å². The van der Waals surface area contributed by atoms with Gasteiger partial charge in [0.15, 0.2) is 0 Å². The van der Waals surface area contributed by atoms with Gasteiger partial charge in [-0.05, 0) is 32.2 Å². The van der Waals surface area contributed by atoms with Crippen LogP contribution in [0.3, 0.4) is 0 Å². The molecule has 2 aromatic heterocycles. The topological polar surface area (TPSA) is 65.6 Å². The lowest BCUT2D eigenvalue weighted by Gasteiger charge is -2.42. The predicted molar refractivity (Wildman–Crippen MR) is 90.3 cm³/mol. The van der Waals surface area contributed by atoms with E-state index in [0.29, 0.717) is 17.8 Å². The van der Waals surface area contributed by atoms with Crippen LogP contribution in [0.5, 0.6) is 0 Å². The Kier molecular flexibility index (Phi) is 5.11. The Morgan fingerprint density at radius 3 is 2.87 bits per heavy atom. The molecule has 0 spiro atoms. The minimum Gasteiger partial charge on any atom is -0.418 e. The molecule has 0 amide bonds. The minimum atomic E-state index is -0.286. The Morgan fingerprint density at radius 1 is 1.39 bits per heavy atom. The molecular formula is C16H24N4O2S. The zero-order valence-corrected chi connectivity index (χ0v) is 14.7. The van der Waals surface area contributed by atoms with Crippen molar-refractivity contribution in [1.29, 1.82) is 0 Å². The number of rotatable bonds is 5. The van der Waals surface area contributed by atoms with E-state index in [1.807, 2.05) is 24.4 Å². The quantitative estimate of drug-likeness (QED) is 0.903. The number of hydrogen-bond acceptors (Lipinski definition) is 7. The van der Waals surface area contributed by atoms with Gasteiger partial charge < -0.3 is 9.52 Å². The molecule has 0 bridgehead atoms. The summed E-state index contributed by atoms with van der Waals surface area (Å²) in [5, 5.41) is 20.0. The van der Waals surface area contributed by atoms with Crippen LogP contribution in [-0.2, 0) is 0 Å². The molecule has 0 radical (unpaired) electrons. The summed E-state index contributed by atoms with van der Waals surface area (Å²) in [6, 6.07) is 4.48. The van der Waals surface area contributed by atoms with E-state index < -0.39 is 0 Å². The Balaban J connectivity index is 1.64. The normalized spacial score (nSPS) is 23.0. The summed E-state index contributed by atoms with van der Waals surface area (Å²) >= 11 is 1.60. The van der Waals surface area contributed by atoms with Crippen molar-refractivity contribution in [2.24, 2.45) is 0 Å². The van der Waals surface area contributed by atoms with Crippen LogP contribution in [-0.4, -0.2) is 63.4 Å². The Labute approximate surface area is 140 Å². The van der Waals surface area contributed by atoms with Crippen molar-refractivity contribution >= 4 is 11.3 Å². The van der Waals surface area contributed by atoms with Crippen LogP contribution < -0.4 is 0 Å². The first-order chi connectivity index (χ1) is 11.0. The second-order valence-electron chi connectivity index (χ2n) is 6.29. The third-order valence-corrected chi connectivity index (χ3v) is 5.23. The number of thiophene rings is 1. The van der Waals surface area contributed by atoms with Gasteiger partial charge in [0.2, 0.25) is 5.89 Å². The fraction of sp³-hybridized carbons (Fsp3) is 0.625. The molecule has 2 aromatic rings. The maximum Gasteiger partial charge on any atom is 0.257 e. The maximum atomic E-state index is 9.58. The van der Waals surface area contributed by atoms with Crippen LogP contribution in [0.15, 0.2) is 21.9 Å². The third kappa shape index (κ3) is 3.80. The van der Waals surface area contributed by atoms with Crippen LogP contribution in [0, 0.1) is 0 Å². The average Bonchev–Trinajstić information content (AvgIpc) is 3.18. The number of piperazine rings is 1. The number of aromatic nitrogens is 2. The van der Waals surface area contributed by atoms with E-state index in [9.17, 15) is 5.11 Å². The smallest absolute Gasteiger partial charge is 0.257 e. The zero-order valence-electron chi connectivity index (χ0n) is 13.8. The van der Waals surface area contributed by atoms with Gasteiger partial charge in [-0.25, -0.2) is 0 Å². The molecule has 3 heterocycles. The van der Waals surface area contributed by atoms with Gasteiger partial charge in [-0.15, -0.1) is 21.5 Å². The van der Waals surface area contributed by atoms with Crippen LogP contribution in [0.25, 0.3) is 10.8 Å². The summed E-state index contributed by atoms with van der Waals surface area (Å²) < 4.78 is 5.86. The van der Waals surface area contributed by atoms with Gasteiger partial charge in [0.05, 0.1) is 17.0 Å². The average molecular weight is 336 g/mol. The van der Waals surface area contributed by atoms with Crippen molar-refractivity contribution in [3.63, 3.8) is 0 Å². The molecule has 3 atom stereocenters. The molecule has 3 rings (SSSR count). The summed E-state index contributed by atoms with van der Waals surface area (Å²) in [6.07, 6.45) is -0.286. The van der Waals surface area contributed by atoms with Crippen LogP contribution in [0.4, 0.5) is 0 Å². The Hall–Kier alpha value is -1.28. The molecule has 0 saturated carbocycles. The van der Waals surface area contributed by atoms with Crippen molar-refractivity contribution in [3.8, 4) is 10.8 Å². The predicted octanol–water partition coefficient (Wildman–Crippen LogP) is 2.25. The monoisotopic (exact) mass is 336 g/mol. The standard InChI is InChI=1S/C16H24N4O2S/c1-11-9-20(7-6-19(11)10-12(2)21)13(3)15-17-18-16(22-15)14-5-4-8-23-14/h4-5,8,11-13,21H,6-7,9-10H2,1-3H3/t11-,12+,13-/m1/s1.